The Morgan fingerprint density at radius 1 is 0.955 bits per heavy atom. The molecule has 1 atom stereocenters. The summed E-state index contributed by atoms with van der Waals surface area (Å²) in [6.07, 6.45) is 7.86. The van der Waals surface area contributed by atoms with Gasteiger partial charge in [0.15, 0.2) is 0 Å². The van der Waals surface area contributed by atoms with Gasteiger partial charge in [-0.3, -0.25) is 0 Å². The molecule has 0 aliphatic heterocycles. The monoisotopic (exact) mass is 379 g/mol. The van der Waals surface area contributed by atoms with Gasteiger partial charge in [-0.25, -0.2) is 0 Å². The van der Waals surface area contributed by atoms with Crippen LogP contribution in [0.5, 0.6) is 0 Å². The van der Waals surface area contributed by atoms with Crippen molar-refractivity contribution in [2.45, 2.75) is 19.3 Å². The fourth-order valence-electron chi connectivity index (χ4n) is 4.00. The number of allylic oxidation sites excluding steroid dienone is 4. The molecule has 2 heteroatoms. The minimum absolute atomic E-state index is 0.691. The molecule has 1 unspecified atom stereocenters. The number of fused-ring (bicyclic) bond motifs is 3. The fourth-order valence-corrected chi connectivity index (χ4v) is 11.9. The second-order valence-corrected chi connectivity index (χ2v) is 29.1. The Labute approximate surface area is 138 Å². The molecule has 2 aliphatic carbocycles. The van der Waals surface area contributed by atoms with E-state index in [1.54, 1.807) is 11.1 Å². The van der Waals surface area contributed by atoms with E-state index >= 15 is 0 Å². The van der Waals surface area contributed by atoms with Crippen molar-refractivity contribution in [2.75, 3.05) is 0 Å². The summed E-state index contributed by atoms with van der Waals surface area (Å²) < 4.78 is 5.86. The summed E-state index contributed by atoms with van der Waals surface area (Å²) in [7, 11) is 0. The van der Waals surface area contributed by atoms with Crippen molar-refractivity contribution in [3.05, 3.63) is 77.4 Å². The Balaban J connectivity index is 2.03. The second-order valence-electron chi connectivity index (χ2n) is 7.10. The van der Waals surface area contributed by atoms with Gasteiger partial charge in [0.05, 0.1) is 0 Å². The first kappa shape index (κ1) is 14.6. The average molecular weight is 381 g/mol. The van der Waals surface area contributed by atoms with Crippen LogP contribution in [-0.4, -0.2) is 6.88 Å². The maximum atomic E-state index is 2.59. The Bertz CT molecular complexity index is 867. The molecule has 0 fully saturated rings. The van der Waals surface area contributed by atoms with E-state index in [1.807, 2.05) is 0 Å². The molecule has 0 heterocycles. The number of rotatable bonds is 2. The Morgan fingerprint density at radius 2 is 1.68 bits per heavy atom. The zero-order chi connectivity index (χ0) is 15.3. The fraction of sp³-hybridized carbons (Fsp3) is 0.200. The normalized spacial score (nSPS) is 19.0. The molecule has 0 saturated carbocycles. The first-order valence-electron chi connectivity index (χ1n) is 8.01. The van der Waals surface area contributed by atoms with E-state index in [2.05, 4.69) is 76.8 Å². The van der Waals surface area contributed by atoms with Crippen LogP contribution < -0.4 is 0 Å². The van der Waals surface area contributed by atoms with Gasteiger partial charge in [-0.05, 0) is 0 Å². The van der Waals surface area contributed by atoms with E-state index in [1.165, 1.54) is 22.3 Å². The number of benzene rings is 2. The van der Waals surface area contributed by atoms with Gasteiger partial charge in [0.25, 0.3) is 0 Å². The molecule has 0 saturated heterocycles. The zero-order valence-electron chi connectivity index (χ0n) is 13.3. The van der Waals surface area contributed by atoms with E-state index in [9.17, 15) is 0 Å². The molecule has 2 aliphatic rings. The quantitative estimate of drug-likeness (QED) is 0.650. The standard InChI is InChI=1S/C18H13.2CH3.H2Si.Zr/c1-2-7-13(6-1)15-10-5-11-17-16-9-4-3-8-14(16)12-18(15)17;;;;/h1-6,8-12H,7H2;2*1H3;1H2;. The maximum absolute atomic E-state index is 2.59. The first-order valence-corrected chi connectivity index (χ1v) is 20.3. The Kier molecular flexibility index (Phi) is 3.51. The summed E-state index contributed by atoms with van der Waals surface area (Å²) in [5, 5.41) is 0. The molecule has 0 N–H and O–H groups in total. The molecule has 0 radical (unpaired) electrons. The summed E-state index contributed by atoms with van der Waals surface area (Å²) in [6, 6.07) is 16.0. The van der Waals surface area contributed by atoms with E-state index in [0.717, 1.165) is 6.42 Å². The minimum atomic E-state index is -2.13. The molecule has 0 bridgehead atoms. The Hall–Kier alpha value is -0.980. The van der Waals surface area contributed by atoms with Gasteiger partial charge < -0.3 is 0 Å². The van der Waals surface area contributed by atoms with Crippen molar-refractivity contribution in [1.82, 2.24) is 0 Å². The molecular formula is C20H21SiZr. The molecule has 0 spiro atoms. The van der Waals surface area contributed by atoms with Crippen molar-refractivity contribution in [3.63, 3.8) is 0 Å². The van der Waals surface area contributed by atoms with Crippen molar-refractivity contribution in [3.8, 4) is 11.1 Å². The predicted molar refractivity (Wildman–Crippen MR) is 95.7 cm³/mol. The molecule has 0 aromatic heterocycles. The molecule has 109 valence electrons. The predicted octanol–water partition coefficient (Wildman–Crippen LogP) is 4.90. The molecule has 4 rings (SSSR count). The summed E-state index contributed by atoms with van der Waals surface area (Å²) in [4.78, 5) is 0. The summed E-state index contributed by atoms with van der Waals surface area (Å²) >= 11 is -2.13. The average Bonchev–Trinajstić information content (AvgIpc) is 3.12. The molecule has 2 aromatic rings. The molecular weight excluding hydrogens is 360 g/mol. The third-order valence-electron chi connectivity index (χ3n) is 4.86. The third kappa shape index (κ3) is 2.20. The SMILES string of the molecule is [CH3][Zr]([CH3])(=[SiH2])[CH]1c2ccccc2-c2cccc(C3=CC=CC3)c21. The van der Waals surface area contributed by atoms with Crippen LogP contribution in [0.15, 0.2) is 60.7 Å². The van der Waals surface area contributed by atoms with Crippen LogP contribution in [0.3, 0.4) is 0 Å². The Morgan fingerprint density at radius 3 is 2.41 bits per heavy atom. The van der Waals surface area contributed by atoms with Gasteiger partial charge in [0.1, 0.15) is 0 Å². The van der Waals surface area contributed by atoms with Crippen LogP contribution in [-0.2, 0) is 18.9 Å². The van der Waals surface area contributed by atoms with Gasteiger partial charge >= 0.3 is 139 Å². The number of hydrogen-bond donors (Lipinski definition) is 0. The van der Waals surface area contributed by atoms with Crippen LogP contribution in [0.1, 0.15) is 26.7 Å². The summed E-state index contributed by atoms with van der Waals surface area (Å²) in [5.41, 5.74) is 9.19. The van der Waals surface area contributed by atoms with Crippen LogP contribution >= 0.6 is 0 Å². The van der Waals surface area contributed by atoms with Crippen LogP contribution in [0, 0.1) is 0 Å². The molecule has 0 nitrogen and oxygen atoms in total. The van der Waals surface area contributed by atoms with Gasteiger partial charge in [-0.2, -0.15) is 0 Å². The topological polar surface area (TPSA) is 0 Å². The van der Waals surface area contributed by atoms with Crippen LogP contribution in [0.4, 0.5) is 0 Å². The van der Waals surface area contributed by atoms with Gasteiger partial charge in [-0.15, -0.1) is 0 Å². The van der Waals surface area contributed by atoms with E-state index in [0.29, 0.717) is 3.63 Å². The third-order valence-corrected chi connectivity index (χ3v) is 12.6. The van der Waals surface area contributed by atoms with E-state index in [4.69, 9.17) is 0 Å². The van der Waals surface area contributed by atoms with Crippen molar-refractivity contribution in [1.29, 1.82) is 0 Å². The van der Waals surface area contributed by atoms with E-state index < -0.39 is 18.9 Å². The molecule has 0 amide bonds. The molecule has 2 aromatic carbocycles. The first-order chi connectivity index (χ1) is 10.6. The van der Waals surface area contributed by atoms with Gasteiger partial charge in [0, 0.05) is 0 Å². The number of hydrogen-bond acceptors (Lipinski definition) is 0. The van der Waals surface area contributed by atoms with Gasteiger partial charge in [-0.1, -0.05) is 0 Å². The van der Waals surface area contributed by atoms with Crippen molar-refractivity contribution in [2.24, 2.45) is 0 Å². The molecule has 22 heavy (non-hydrogen) atoms. The van der Waals surface area contributed by atoms with Gasteiger partial charge in [0.2, 0.25) is 0 Å². The van der Waals surface area contributed by atoms with Crippen LogP contribution in [0.25, 0.3) is 16.7 Å². The van der Waals surface area contributed by atoms with Crippen LogP contribution in [0.2, 0.25) is 9.26 Å². The van der Waals surface area contributed by atoms with E-state index in [-0.39, 0.29) is 0 Å². The zero-order valence-corrected chi connectivity index (χ0v) is 17.1. The van der Waals surface area contributed by atoms with Crippen molar-refractivity contribution >= 4 is 12.5 Å². The summed E-state index contributed by atoms with van der Waals surface area (Å²) in [6.45, 7) is 2.34. The van der Waals surface area contributed by atoms with Crippen molar-refractivity contribution < 1.29 is 18.9 Å². The second kappa shape index (κ2) is 5.28. The summed E-state index contributed by atoms with van der Waals surface area (Å²) in [5.74, 6) is 0.